The molecule has 4 rings (SSSR count). The standard InChI is InChI=1S/C21H22FNO3S/c1-21(2)11-13-4-3-5-17(20(13)26-21)25-12-19(24)23-16-8-9-27-18-7-6-14(22)10-15(16)18/h3-7,10,16H,8-9,11-12H2,1-2H3,(H,23,24)/t16-/m0/s1. The first kappa shape index (κ1) is 18.2. The number of amides is 1. The molecule has 2 aliphatic heterocycles. The van der Waals surface area contributed by atoms with Gasteiger partial charge in [0.1, 0.15) is 11.4 Å². The molecule has 2 aromatic carbocycles. The third kappa shape index (κ3) is 3.90. The van der Waals surface area contributed by atoms with Gasteiger partial charge in [-0.15, -0.1) is 11.8 Å². The summed E-state index contributed by atoms with van der Waals surface area (Å²) >= 11 is 1.69. The van der Waals surface area contributed by atoms with Gasteiger partial charge in [-0.2, -0.15) is 0 Å². The number of nitrogens with one attached hydrogen (secondary N) is 1. The molecule has 27 heavy (non-hydrogen) atoms. The average Bonchev–Trinajstić information content (AvgIpc) is 2.95. The van der Waals surface area contributed by atoms with E-state index in [1.54, 1.807) is 17.8 Å². The highest BCUT2D eigenvalue weighted by Gasteiger charge is 2.32. The summed E-state index contributed by atoms with van der Waals surface area (Å²) in [6.45, 7) is 3.96. The normalized spacial score (nSPS) is 19.6. The van der Waals surface area contributed by atoms with Crippen LogP contribution in [0.25, 0.3) is 0 Å². The Hall–Kier alpha value is -2.21. The van der Waals surface area contributed by atoms with Crippen molar-refractivity contribution in [2.24, 2.45) is 0 Å². The van der Waals surface area contributed by atoms with E-state index in [4.69, 9.17) is 9.47 Å². The lowest BCUT2D eigenvalue weighted by Crippen LogP contribution is -2.34. The maximum atomic E-state index is 13.6. The van der Waals surface area contributed by atoms with Gasteiger partial charge in [0.2, 0.25) is 0 Å². The maximum absolute atomic E-state index is 13.6. The minimum Gasteiger partial charge on any atom is -0.483 e. The van der Waals surface area contributed by atoms with E-state index in [0.29, 0.717) is 5.75 Å². The summed E-state index contributed by atoms with van der Waals surface area (Å²) in [5, 5.41) is 2.97. The van der Waals surface area contributed by atoms with Gasteiger partial charge in [-0.25, -0.2) is 4.39 Å². The van der Waals surface area contributed by atoms with E-state index < -0.39 is 0 Å². The number of hydrogen-bond donors (Lipinski definition) is 1. The molecular formula is C21H22FNO3S. The highest BCUT2D eigenvalue weighted by Crippen LogP contribution is 2.41. The van der Waals surface area contributed by atoms with E-state index in [-0.39, 0.29) is 30.0 Å². The van der Waals surface area contributed by atoms with Crippen LogP contribution in [0.15, 0.2) is 41.3 Å². The number of ether oxygens (including phenoxy) is 2. The first-order valence-electron chi connectivity index (χ1n) is 9.07. The Bertz CT molecular complexity index is 884. The van der Waals surface area contributed by atoms with Crippen molar-refractivity contribution in [2.45, 2.75) is 43.2 Å². The van der Waals surface area contributed by atoms with Crippen molar-refractivity contribution in [1.82, 2.24) is 5.32 Å². The zero-order valence-electron chi connectivity index (χ0n) is 15.4. The second-order valence-electron chi connectivity index (χ2n) is 7.51. The fourth-order valence-electron chi connectivity index (χ4n) is 3.60. The van der Waals surface area contributed by atoms with Crippen LogP contribution in [0.4, 0.5) is 4.39 Å². The van der Waals surface area contributed by atoms with E-state index in [9.17, 15) is 9.18 Å². The SMILES string of the molecule is CC1(C)Cc2cccc(OCC(=O)N[C@H]3CCSc4ccc(F)cc43)c2O1. The van der Waals surface area contributed by atoms with Gasteiger partial charge in [0, 0.05) is 22.6 Å². The number of rotatable bonds is 4. The van der Waals surface area contributed by atoms with E-state index in [1.807, 2.05) is 32.0 Å². The summed E-state index contributed by atoms with van der Waals surface area (Å²) in [5.41, 5.74) is 1.66. The lowest BCUT2D eigenvalue weighted by molar-refractivity contribution is -0.123. The van der Waals surface area contributed by atoms with Crippen LogP contribution in [-0.4, -0.2) is 23.9 Å². The van der Waals surface area contributed by atoms with Crippen LogP contribution in [0.2, 0.25) is 0 Å². The second kappa shape index (κ2) is 7.08. The molecule has 0 unspecified atom stereocenters. The third-order valence-electron chi connectivity index (χ3n) is 4.76. The van der Waals surface area contributed by atoms with Crippen LogP contribution in [-0.2, 0) is 11.2 Å². The van der Waals surface area contributed by atoms with Crippen molar-refractivity contribution in [3.8, 4) is 11.5 Å². The highest BCUT2D eigenvalue weighted by atomic mass is 32.2. The number of halogens is 1. The Balaban J connectivity index is 1.41. The summed E-state index contributed by atoms with van der Waals surface area (Å²) < 4.78 is 25.3. The Labute approximate surface area is 162 Å². The van der Waals surface area contributed by atoms with Gasteiger partial charge >= 0.3 is 0 Å². The predicted octanol–water partition coefficient (Wildman–Crippen LogP) is 4.27. The molecule has 1 amide bonds. The van der Waals surface area contributed by atoms with Gasteiger partial charge in [-0.05, 0) is 50.1 Å². The van der Waals surface area contributed by atoms with Gasteiger partial charge in [0.25, 0.3) is 5.91 Å². The molecule has 6 heteroatoms. The largest absolute Gasteiger partial charge is 0.483 e. The molecule has 0 saturated heterocycles. The van der Waals surface area contributed by atoms with Crippen LogP contribution in [0.1, 0.15) is 37.4 Å². The average molecular weight is 387 g/mol. The Morgan fingerprint density at radius 3 is 3.07 bits per heavy atom. The smallest absolute Gasteiger partial charge is 0.258 e. The molecule has 2 aromatic rings. The summed E-state index contributed by atoms with van der Waals surface area (Å²) in [7, 11) is 0. The number of hydrogen-bond acceptors (Lipinski definition) is 4. The number of thioether (sulfide) groups is 1. The monoisotopic (exact) mass is 387 g/mol. The fourth-order valence-corrected chi connectivity index (χ4v) is 4.70. The number of carbonyl (C=O) groups is 1. The molecule has 2 aliphatic rings. The lowest BCUT2D eigenvalue weighted by atomic mass is 10.0. The van der Waals surface area contributed by atoms with Crippen LogP contribution >= 0.6 is 11.8 Å². The number of benzene rings is 2. The summed E-state index contributed by atoms with van der Waals surface area (Å²) in [6.07, 6.45) is 1.58. The Morgan fingerprint density at radius 1 is 1.37 bits per heavy atom. The molecule has 142 valence electrons. The molecule has 0 aromatic heterocycles. The van der Waals surface area contributed by atoms with Crippen LogP contribution in [0, 0.1) is 5.82 Å². The van der Waals surface area contributed by atoms with Crippen LogP contribution < -0.4 is 14.8 Å². The maximum Gasteiger partial charge on any atom is 0.258 e. The van der Waals surface area contributed by atoms with E-state index in [2.05, 4.69) is 5.32 Å². The summed E-state index contributed by atoms with van der Waals surface area (Å²) in [5.74, 6) is 1.68. The first-order chi connectivity index (χ1) is 12.9. The highest BCUT2D eigenvalue weighted by molar-refractivity contribution is 7.99. The van der Waals surface area contributed by atoms with Crippen molar-refractivity contribution in [3.63, 3.8) is 0 Å². The predicted molar refractivity (Wildman–Crippen MR) is 103 cm³/mol. The minimum atomic E-state index is -0.286. The molecule has 0 aliphatic carbocycles. The Morgan fingerprint density at radius 2 is 2.22 bits per heavy atom. The molecule has 0 saturated carbocycles. The number of fused-ring (bicyclic) bond motifs is 2. The zero-order valence-corrected chi connectivity index (χ0v) is 16.2. The van der Waals surface area contributed by atoms with Crippen LogP contribution in [0.3, 0.4) is 0 Å². The summed E-state index contributed by atoms with van der Waals surface area (Å²) in [6, 6.07) is 10.3. The first-order valence-corrected chi connectivity index (χ1v) is 10.1. The summed E-state index contributed by atoms with van der Waals surface area (Å²) in [4.78, 5) is 13.4. The van der Waals surface area contributed by atoms with Crippen molar-refractivity contribution < 1.29 is 18.7 Å². The lowest BCUT2D eigenvalue weighted by Gasteiger charge is -2.26. The fraction of sp³-hybridized carbons (Fsp3) is 0.381. The minimum absolute atomic E-state index is 0.103. The quantitative estimate of drug-likeness (QED) is 0.851. The molecule has 0 bridgehead atoms. The van der Waals surface area contributed by atoms with Gasteiger partial charge in [0.05, 0.1) is 6.04 Å². The van der Waals surface area contributed by atoms with Crippen molar-refractivity contribution in [2.75, 3.05) is 12.4 Å². The Kier molecular flexibility index (Phi) is 4.76. The molecule has 0 spiro atoms. The van der Waals surface area contributed by atoms with Gasteiger partial charge in [-0.3, -0.25) is 4.79 Å². The van der Waals surface area contributed by atoms with Crippen molar-refractivity contribution >= 4 is 17.7 Å². The molecule has 2 heterocycles. The van der Waals surface area contributed by atoms with E-state index >= 15 is 0 Å². The van der Waals surface area contributed by atoms with Crippen LogP contribution in [0.5, 0.6) is 11.5 Å². The number of carbonyl (C=O) groups excluding carboxylic acids is 1. The molecule has 0 radical (unpaired) electrons. The van der Waals surface area contributed by atoms with Gasteiger partial charge in [-0.1, -0.05) is 12.1 Å². The molecule has 0 fully saturated rings. The van der Waals surface area contributed by atoms with E-state index in [1.165, 1.54) is 12.1 Å². The van der Waals surface area contributed by atoms with Crippen molar-refractivity contribution in [1.29, 1.82) is 0 Å². The number of para-hydroxylation sites is 1. The van der Waals surface area contributed by atoms with Gasteiger partial charge in [0.15, 0.2) is 18.1 Å². The second-order valence-corrected chi connectivity index (χ2v) is 8.65. The molecule has 4 nitrogen and oxygen atoms in total. The third-order valence-corrected chi connectivity index (χ3v) is 5.88. The topological polar surface area (TPSA) is 47.6 Å². The molecule has 1 N–H and O–H groups in total. The molecular weight excluding hydrogens is 365 g/mol. The zero-order chi connectivity index (χ0) is 19.0. The molecule has 1 atom stereocenters. The van der Waals surface area contributed by atoms with Crippen molar-refractivity contribution in [3.05, 3.63) is 53.3 Å². The van der Waals surface area contributed by atoms with E-state index in [0.717, 1.165) is 40.4 Å². The van der Waals surface area contributed by atoms with Gasteiger partial charge < -0.3 is 14.8 Å².